The molecular weight excluding hydrogens is 441 g/mol. The summed E-state index contributed by atoms with van der Waals surface area (Å²) in [6.45, 7) is 1.06. The molecule has 0 aliphatic carbocycles. The lowest BCUT2D eigenvalue weighted by Gasteiger charge is -2.19. The monoisotopic (exact) mass is 456 g/mol. The molecule has 0 unspecified atom stereocenters. The first-order valence-corrected chi connectivity index (χ1v) is 9.52. The van der Waals surface area contributed by atoms with Crippen molar-refractivity contribution in [1.82, 2.24) is 9.97 Å². The molecule has 1 aliphatic heterocycles. The van der Waals surface area contributed by atoms with Gasteiger partial charge in [-0.15, -0.1) is 0 Å². The second kappa shape index (κ2) is 8.91. The van der Waals surface area contributed by atoms with Crippen LogP contribution in [-0.2, 0) is 6.18 Å². The molecule has 0 saturated heterocycles. The molecule has 9 nitrogen and oxygen atoms in total. The minimum atomic E-state index is -4.65. The third-order valence-electron chi connectivity index (χ3n) is 4.39. The Morgan fingerprint density at radius 1 is 1.12 bits per heavy atom. The van der Waals surface area contributed by atoms with E-state index in [-0.39, 0.29) is 17.1 Å². The fourth-order valence-electron chi connectivity index (χ4n) is 2.95. The number of urea groups is 1. The topological polar surface area (TPSA) is 121 Å². The fraction of sp³-hybridized carbons (Fsp3) is 0.143. The van der Waals surface area contributed by atoms with Crippen LogP contribution in [0.5, 0.6) is 17.4 Å². The number of hydrogen-bond donors (Lipinski definition) is 3. The molecule has 4 rings (SSSR count). The summed E-state index contributed by atoms with van der Waals surface area (Å²) >= 11 is 0. The number of benzene rings is 2. The van der Waals surface area contributed by atoms with Crippen LogP contribution in [0, 0.1) is 11.3 Å². The molecule has 0 radical (unpaired) electrons. The lowest BCUT2D eigenvalue weighted by molar-refractivity contribution is -0.137. The van der Waals surface area contributed by atoms with Crippen molar-refractivity contribution < 1.29 is 27.4 Å². The zero-order chi connectivity index (χ0) is 23.4. The van der Waals surface area contributed by atoms with Crippen LogP contribution in [0.3, 0.4) is 0 Å². The summed E-state index contributed by atoms with van der Waals surface area (Å²) in [5.74, 6) is 1.55. The summed E-state index contributed by atoms with van der Waals surface area (Å²) in [5.41, 5.74) is -1.08. The molecule has 0 saturated carbocycles. The predicted octanol–water partition coefficient (Wildman–Crippen LogP) is 4.61. The van der Waals surface area contributed by atoms with E-state index < -0.39 is 17.8 Å². The smallest absolute Gasteiger partial charge is 0.416 e. The van der Waals surface area contributed by atoms with E-state index in [1.165, 1.54) is 18.5 Å². The lowest BCUT2D eigenvalue weighted by Crippen LogP contribution is -2.20. The van der Waals surface area contributed by atoms with Crippen LogP contribution >= 0.6 is 0 Å². The van der Waals surface area contributed by atoms with Gasteiger partial charge in [0.25, 0.3) is 5.88 Å². The minimum Gasteiger partial charge on any atom is -0.483 e. The van der Waals surface area contributed by atoms with Gasteiger partial charge in [-0.2, -0.15) is 23.4 Å². The number of nitriles is 1. The van der Waals surface area contributed by atoms with E-state index in [1.54, 1.807) is 18.2 Å². The van der Waals surface area contributed by atoms with Crippen LogP contribution < -0.4 is 25.4 Å². The first kappa shape index (κ1) is 21.7. The van der Waals surface area contributed by atoms with Gasteiger partial charge in [-0.05, 0) is 42.5 Å². The molecule has 0 fully saturated rings. The number of amides is 2. The number of fused-ring (bicyclic) bond motifs is 1. The minimum absolute atomic E-state index is 0.166. The van der Waals surface area contributed by atoms with E-state index in [4.69, 9.17) is 14.7 Å². The summed E-state index contributed by atoms with van der Waals surface area (Å²) in [7, 11) is 0. The number of halogens is 3. The largest absolute Gasteiger partial charge is 0.483 e. The molecule has 168 valence electrons. The van der Waals surface area contributed by atoms with Gasteiger partial charge in [-0.25, -0.2) is 9.78 Å². The maximum Gasteiger partial charge on any atom is 0.416 e. The van der Waals surface area contributed by atoms with Gasteiger partial charge in [0.15, 0.2) is 5.82 Å². The Morgan fingerprint density at radius 2 is 1.88 bits per heavy atom. The number of carbonyl (C=O) groups is 1. The van der Waals surface area contributed by atoms with Crippen LogP contribution in [0.2, 0.25) is 0 Å². The van der Waals surface area contributed by atoms with Crippen molar-refractivity contribution in [1.29, 1.82) is 5.26 Å². The second-order valence-electron chi connectivity index (χ2n) is 6.75. The van der Waals surface area contributed by atoms with Crippen LogP contribution in [0.15, 0.2) is 48.8 Å². The van der Waals surface area contributed by atoms with Gasteiger partial charge in [-0.1, -0.05) is 0 Å². The number of hydrogen-bond acceptors (Lipinski definition) is 7. The summed E-state index contributed by atoms with van der Waals surface area (Å²) in [6, 6.07) is 9.66. The van der Waals surface area contributed by atoms with Crippen molar-refractivity contribution in [3.63, 3.8) is 0 Å². The van der Waals surface area contributed by atoms with Crippen LogP contribution in [-0.4, -0.2) is 29.2 Å². The van der Waals surface area contributed by atoms with E-state index in [0.717, 1.165) is 12.1 Å². The number of aromatic nitrogens is 2. The van der Waals surface area contributed by atoms with Crippen molar-refractivity contribution in [2.75, 3.05) is 29.1 Å². The van der Waals surface area contributed by atoms with Crippen molar-refractivity contribution in [2.45, 2.75) is 6.18 Å². The van der Waals surface area contributed by atoms with Crippen molar-refractivity contribution in [3.8, 4) is 23.4 Å². The molecule has 1 aliphatic rings. The summed E-state index contributed by atoms with van der Waals surface area (Å²) in [4.78, 5) is 20.4. The SMILES string of the molecule is N#Cc1cc(NC(=O)Nc2ccc(Oc3ncnc4c3OCCN4)cc2)cc(C(F)(F)F)c1. The average molecular weight is 456 g/mol. The highest BCUT2D eigenvalue weighted by atomic mass is 19.4. The van der Waals surface area contributed by atoms with Gasteiger partial charge in [-0.3, -0.25) is 0 Å². The molecule has 3 aromatic rings. The van der Waals surface area contributed by atoms with Crippen LogP contribution in [0.25, 0.3) is 0 Å². The van der Waals surface area contributed by atoms with Crippen LogP contribution in [0.1, 0.15) is 11.1 Å². The maximum absolute atomic E-state index is 13.0. The molecule has 2 amide bonds. The molecule has 0 atom stereocenters. The number of carbonyl (C=O) groups excluding carboxylic acids is 1. The molecule has 2 heterocycles. The Bertz CT molecular complexity index is 1230. The summed E-state index contributed by atoms with van der Waals surface area (Å²) < 4.78 is 50.2. The van der Waals surface area contributed by atoms with Gasteiger partial charge in [0.1, 0.15) is 18.7 Å². The number of nitrogens with one attached hydrogen (secondary N) is 3. The average Bonchev–Trinajstić information content (AvgIpc) is 2.79. The van der Waals surface area contributed by atoms with Crippen LogP contribution in [0.4, 0.5) is 35.2 Å². The lowest BCUT2D eigenvalue weighted by atomic mass is 10.1. The summed E-state index contributed by atoms with van der Waals surface area (Å²) in [6.07, 6.45) is -3.32. The highest BCUT2D eigenvalue weighted by molar-refractivity contribution is 5.99. The maximum atomic E-state index is 13.0. The Labute approximate surface area is 185 Å². The zero-order valence-corrected chi connectivity index (χ0v) is 16.7. The first-order valence-electron chi connectivity index (χ1n) is 9.52. The van der Waals surface area contributed by atoms with Gasteiger partial charge >= 0.3 is 12.2 Å². The number of ether oxygens (including phenoxy) is 2. The number of rotatable bonds is 4. The first-order chi connectivity index (χ1) is 15.8. The van der Waals surface area contributed by atoms with E-state index in [1.807, 2.05) is 0 Å². The third kappa shape index (κ3) is 5.21. The Kier molecular flexibility index (Phi) is 5.86. The predicted molar refractivity (Wildman–Crippen MR) is 111 cm³/mol. The zero-order valence-electron chi connectivity index (χ0n) is 16.7. The van der Waals surface area contributed by atoms with Crippen molar-refractivity contribution >= 4 is 23.2 Å². The quantitative estimate of drug-likeness (QED) is 0.524. The number of alkyl halides is 3. The Morgan fingerprint density at radius 3 is 2.61 bits per heavy atom. The standard InChI is InChI=1S/C21H15F3N6O3/c22-21(23,24)13-7-12(10-25)8-15(9-13)30-20(31)29-14-1-3-16(4-2-14)33-19-17-18(27-11-28-19)26-5-6-32-17/h1-4,7-9,11H,5-6H2,(H,26,27,28)(H2,29,30,31). The van der Waals surface area contributed by atoms with E-state index >= 15 is 0 Å². The van der Waals surface area contributed by atoms with Crippen molar-refractivity contribution in [3.05, 3.63) is 59.9 Å². The molecular formula is C21H15F3N6O3. The number of nitrogens with zero attached hydrogens (tertiary/aromatic N) is 3. The second-order valence-corrected chi connectivity index (χ2v) is 6.75. The highest BCUT2D eigenvalue weighted by Crippen LogP contribution is 2.36. The van der Waals surface area contributed by atoms with E-state index in [2.05, 4.69) is 25.9 Å². The fourth-order valence-corrected chi connectivity index (χ4v) is 2.95. The molecule has 0 bridgehead atoms. The van der Waals surface area contributed by atoms with Gasteiger partial charge in [0.2, 0.25) is 5.75 Å². The van der Waals surface area contributed by atoms with Gasteiger partial charge < -0.3 is 25.4 Å². The van der Waals surface area contributed by atoms with Crippen molar-refractivity contribution in [2.24, 2.45) is 0 Å². The normalized spacial score (nSPS) is 12.4. The summed E-state index contributed by atoms with van der Waals surface area (Å²) in [5, 5.41) is 16.8. The Balaban J connectivity index is 1.42. The Hall–Kier alpha value is -4.53. The highest BCUT2D eigenvalue weighted by Gasteiger charge is 2.31. The molecule has 3 N–H and O–H groups in total. The molecule has 1 aromatic heterocycles. The van der Waals surface area contributed by atoms with E-state index in [9.17, 15) is 18.0 Å². The third-order valence-corrected chi connectivity index (χ3v) is 4.39. The number of anilines is 3. The molecule has 33 heavy (non-hydrogen) atoms. The molecule has 12 heteroatoms. The molecule has 0 spiro atoms. The van der Waals surface area contributed by atoms with Gasteiger partial charge in [0.05, 0.1) is 23.7 Å². The van der Waals surface area contributed by atoms with Gasteiger partial charge in [0, 0.05) is 11.4 Å². The molecule has 2 aromatic carbocycles. The van der Waals surface area contributed by atoms with E-state index in [0.29, 0.717) is 42.2 Å².